The first kappa shape index (κ1) is 15.8. The number of halogens is 1. The van der Waals surface area contributed by atoms with Gasteiger partial charge in [0.1, 0.15) is 5.52 Å². The molecule has 7 nitrogen and oxygen atoms in total. The molecule has 1 aromatic carbocycles. The van der Waals surface area contributed by atoms with Gasteiger partial charge in [0, 0.05) is 25.0 Å². The fraction of sp³-hybridized carbons (Fsp3) is 0.125. The van der Waals surface area contributed by atoms with Gasteiger partial charge >= 0.3 is 0 Å². The lowest BCUT2D eigenvalue weighted by molar-refractivity contribution is 0.0950. The Kier molecular flexibility index (Phi) is 4.21. The number of benzene rings is 1. The number of anilines is 1. The quantitative estimate of drug-likeness (QED) is 0.535. The molecule has 0 fully saturated rings. The Balaban J connectivity index is 1.70. The van der Waals surface area contributed by atoms with Crippen LogP contribution in [0.2, 0.25) is 5.02 Å². The lowest BCUT2D eigenvalue weighted by Crippen LogP contribution is -2.33. The lowest BCUT2D eigenvalue weighted by atomic mass is 10.3. The smallest absolute Gasteiger partial charge is 0.298 e. The normalized spacial score (nSPS) is 11.1. The molecule has 3 heterocycles. The number of thiazole rings is 1. The summed E-state index contributed by atoms with van der Waals surface area (Å²) in [6.07, 6.45) is 4.97. The van der Waals surface area contributed by atoms with Crippen molar-refractivity contribution in [3.05, 3.63) is 59.7 Å². The topological polar surface area (TPSA) is 77.0 Å². The first-order valence-corrected chi connectivity index (χ1v) is 8.67. The predicted octanol–water partition coefficient (Wildman–Crippen LogP) is 3.48. The second-order valence-electron chi connectivity index (χ2n) is 5.19. The number of aromatic nitrogens is 4. The number of carbonyl (C=O) groups excluding carboxylic acids is 1. The number of hydrogen-bond donors (Lipinski definition) is 0. The van der Waals surface area contributed by atoms with Crippen LogP contribution in [0.4, 0.5) is 5.13 Å². The van der Waals surface area contributed by atoms with Crippen molar-refractivity contribution in [3.8, 4) is 0 Å². The minimum absolute atomic E-state index is 0.158. The summed E-state index contributed by atoms with van der Waals surface area (Å²) in [6.45, 7) is 0.912. The molecule has 0 unspecified atom stereocenters. The van der Waals surface area contributed by atoms with Crippen molar-refractivity contribution in [2.24, 2.45) is 0 Å². The Hall–Kier alpha value is -2.71. The van der Waals surface area contributed by atoms with Gasteiger partial charge in [-0.3, -0.25) is 14.4 Å². The third-order valence-electron chi connectivity index (χ3n) is 3.60. The van der Waals surface area contributed by atoms with Gasteiger partial charge in [0.15, 0.2) is 5.13 Å². The summed E-state index contributed by atoms with van der Waals surface area (Å²) in [5.41, 5.74) is 0.679. The summed E-state index contributed by atoms with van der Waals surface area (Å²) >= 11 is 7.61. The highest BCUT2D eigenvalue weighted by molar-refractivity contribution is 7.22. The molecule has 4 rings (SSSR count). The van der Waals surface area contributed by atoms with E-state index in [1.165, 1.54) is 23.6 Å². The van der Waals surface area contributed by atoms with Crippen LogP contribution in [0.25, 0.3) is 10.2 Å². The molecule has 0 aliphatic heterocycles. The van der Waals surface area contributed by atoms with E-state index in [0.717, 1.165) is 4.70 Å². The van der Waals surface area contributed by atoms with Crippen molar-refractivity contribution >= 4 is 44.2 Å². The summed E-state index contributed by atoms with van der Waals surface area (Å²) < 4.78 is 7.68. The second kappa shape index (κ2) is 6.66. The molecule has 25 heavy (non-hydrogen) atoms. The molecule has 4 aromatic rings. The van der Waals surface area contributed by atoms with E-state index in [2.05, 4.69) is 15.2 Å². The van der Waals surface area contributed by atoms with Crippen LogP contribution >= 0.6 is 22.9 Å². The van der Waals surface area contributed by atoms with Crippen LogP contribution in [0.1, 0.15) is 10.6 Å². The molecule has 0 atom stereocenters. The maximum absolute atomic E-state index is 12.8. The molecule has 9 heteroatoms. The SMILES string of the molecule is O=C(c1ccno1)N(CCn1cccn1)c1nc2c(Cl)cccc2s1. The van der Waals surface area contributed by atoms with Gasteiger partial charge in [-0.2, -0.15) is 5.10 Å². The fourth-order valence-corrected chi connectivity index (χ4v) is 3.69. The van der Waals surface area contributed by atoms with Gasteiger partial charge in [-0.15, -0.1) is 0 Å². The Morgan fingerprint density at radius 1 is 1.28 bits per heavy atom. The van der Waals surface area contributed by atoms with Gasteiger partial charge in [-0.25, -0.2) is 4.98 Å². The van der Waals surface area contributed by atoms with Crippen LogP contribution < -0.4 is 4.90 Å². The number of amides is 1. The fourth-order valence-electron chi connectivity index (χ4n) is 2.40. The van der Waals surface area contributed by atoms with Crippen molar-refractivity contribution in [1.82, 2.24) is 19.9 Å². The average Bonchev–Trinajstić information content (AvgIpc) is 3.36. The van der Waals surface area contributed by atoms with Gasteiger partial charge in [-0.1, -0.05) is 34.2 Å². The standard InChI is InChI=1S/C16H12ClN5O2S/c17-11-3-1-4-13-14(11)20-16(25-13)22(10-9-21-8-2-6-18-21)15(23)12-5-7-19-24-12/h1-8H,9-10H2. The van der Waals surface area contributed by atoms with Crippen molar-refractivity contribution in [2.75, 3.05) is 11.4 Å². The Morgan fingerprint density at radius 3 is 2.92 bits per heavy atom. The number of rotatable bonds is 5. The molecule has 0 aliphatic rings. The number of para-hydroxylation sites is 1. The molecule has 0 aliphatic carbocycles. The molecule has 0 N–H and O–H groups in total. The minimum atomic E-state index is -0.306. The van der Waals surface area contributed by atoms with Crippen LogP contribution in [0.5, 0.6) is 0 Å². The number of nitrogens with zero attached hydrogens (tertiary/aromatic N) is 5. The Labute approximate surface area is 151 Å². The second-order valence-corrected chi connectivity index (χ2v) is 6.60. The highest BCUT2D eigenvalue weighted by Crippen LogP contribution is 2.33. The van der Waals surface area contributed by atoms with Gasteiger partial charge in [0.2, 0.25) is 5.76 Å². The van der Waals surface area contributed by atoms with E-state index in [1.54, 1.807) is 21.8 Å². The predicted molar refractivity (Wildman–Crippen MR) is 95.0 cm³/mol. The number of fused-ring (bicyclic) bond motifs is 1. The lowest BCUT2D eigenvalue weighted by Gasteiger charge is -2.18. The molecule has 126 valence electrons. The summed E-state index contributed by atoms with van der Waals surface area (Å²) in [4.78, 5) is 18.9. The van der Waals surface area contributed by atoms with Gasteiger partial charge in [0.05, 0.1) is 22.5 Å². The summed E-state index contributed by atoms with van der Waals surface area (Å²) in [7, 11) is 0. The third-order valence-corrected chi connectivity index (χ3v) is 4.94. The zero-order valence-corrected chi connectivity index (χ0v) is 14.4. The minimum Gasteiger partial charge on any atom is -0.351 e. The first-order chi connectivity index (χ1) is 12.2. The molecular formula is C16H12ClN5O2S. The average molecular weight is 374 g/mol. The summed E-state index contributed by atoms with van der Waals surface area (Å²) in [6, 6.07) is 8.93. The van der Waals surface area contributed by atoms with E-state index in [-0.39, 0.29) is 11.7 Å². The van der Waals surface area contributed by atoms with E-state index in [4.69, 9.17) is 16.1 Å². The van der Waals surface area contributed by atoms with Gasteiger partial charge < -0.3 is 4.52 Å². The van der Waals surface area contributed by atoms with E-state index in [1.807, 2.05) is 24.4 Å². The largest absolute Gasteiger partial charge is 0.351 e. The van der Waals surface area contributed by atoms with Gasteiger partial charge in [0.25, 0.3) is 5.91 Å². The number of hydrogen-bond acceptors (Lipinski definition) is 6. The third kappa shape index (κ3) is 3.13. The Bertz CT molecular complexity index is 997. The Morgan fingerprint density at radius 2 is 2.20 bits per heavy atom. The van der Waals surface area contributed by atoms with E-state index >= 15 is 0 Å². The first-order valence-electron chi connectivity index (χ1n) is 7.47. The van der Waals surface area contributed by atoms with Crippen LogP contribution in [0, 0.1) is 0 Å². The van der Waals surface area contributed by atoms with Crippen molar-refractivity contribution in [3.63, 3.8) is 0 Å². The maximum Gasteiger partial charge on any atom is 0.298 e. The van der Waals surface area contributed by atoms with Crippen LogP contribution in [-0.4, -0.2) is 32.4 Å². The molecule has 0 saturated carbocycles. The summed E-state index contributed by atoms with van der Waals surface area (Å²) in [5, 5.41) is 8.88. The molecule has 1 amide bonds. The van der Waals surface area contributed by atoms with Crippen LogP contribution in [0.15, 0.2) is 53.4 Å². The molecule has 0 radical (unpaired) electrons. The number of carbonyl (C=O) groups is 1. The maximum atomic E-state index is 12.8. The molecule has 0 bridgehead atoms. The van der Waals surface area contributed by atoms with E-state index in [9.17, 15) is 4.79 Å². The monoisotopic (exact) mass is 373 g/mol. The molecule has 0 saturated heterocycles. The van der Waals surface area contributed by atoms with Crippen LogP contribution in [0.3, 0.4) is 0 Å². The zero-order chi connectivity index (χ0) is 17.2. The van der Waals surface area contributed by atoms with Crippen molar-refractivity contribution < 1.29 is 9.32 Å². The van der Waals surface area contributed by atoms with Gasteiger partial charge in [-0.05, 0) is 18.2 Å². The van der Waals surface area contributed by atoms with E-state index < -0.39 is 0 Å². The highest BCUT2D eigenvalue weighted by Gasteiger charge is 2.24. The highest BCUT2D eigenvalue weighted by atomic mass is 35.5. The zero-order valence-electron chi connectivity index (χ0n) is 12.9. The summed E-state index contributed by atoms with van der Waals surface area (Å²) in [5.74, 6) is -0.148. The molecular weight excluding hydrogens is 362 g/mol. The van der Waals surface area contributed by atoms with Crippen molar-refractivity contribution in [1.29, 1.82) is 0 Å². The van der Waals surface area contributed by atoms with Crippen molar-refractivity contribution in [2.45, 2.75) is 6.54 Å². The molecule has 3 aromatic heterocycles. The van der Waals surface area contributed by atoms with E-state index in [0.29, 0.717) is 28.8 Å². The van der Waals surface area contributed by atoms with Crippen LogP contribution in [-0.2, 0) is 6.54 Å². The molecule has 0 spiro atoms.